The van der Waals surface area contributed by atoms with Crippen LogP contribution in [0.15, 0.2) is 48.5 Å². The number of carbonyl (C=O) groups is 1. The fraction of sp³-hybridized carbons (Fsp3) is 0.176. The van der Waals surface area contributed by atoms with Crippen molar-refractivity contribution in [1.82, 2.24) is 10.3 Å². The number of thiazole rings is 1. The lowest BCUT2D eigenvalue weighted by Gasteiger charge is -2.06. The third-order valence-electron chi connectivity index (χ3n) is 3.56. The summed E-state index contributed by atoms with van der Waals surface area (Å²) in [5.41, 5.74) is 1.31. The number of benzene rings is 2. The van der Waals surface area contributed by atoms with Gasteiger partial charge in [-0.05, 0) is 12.1 Å². The first kappa shape index (κ1) is 16.8. The van der Waals surface area contributed by atoms with Crippen molar-refractivity contribution in [3.05, 3.63) is 64.2 Å². The van der Waals surface area contributed by atoms with E-state index < -0.39 is 4.92 Å². The van der Waals surface area contributed by atoms with E-state index in [4.69, 9.17) is 0 Å². The third kappa shape index (κ3) is 4.30. The molecule has 0 atom stereocenters. The molecular weight excluding hydrogens is 340 g/mol. The number of nitro benzene ring substituents is 1. The van der Waals surface area contributed by atoms with Crippen molar-refractivity contribution >= 4 is 38.3 Å². The minimum atomic E-state index is -0.475. The van der Waals surface area contributed by atoms with Gasteiger partial charge in [0.15, 0.2) is 5.13 Å². The van der Waals surface area contributed by atoms with Gasteiger partial charge >= 0.3 is 0 Å². The van der Waals surface area contributed by atoms with Gasteiger partial charge in [-0.2, -0.15) is 0 Å². The van der Waals surface area contributed by atoms with Gasteiger partial charge in [0, 0.05) is 24.7 Å². The second kappa shape index (κ2) is 7.71. The zero-order valence-electron chi connectivity index (χ0n) is 13.3. The van der Waals surface area contributed by atoms with Gasteiger partial charge in [0.1, 0.15) is 0 Å². The Balaban J connectivity index is 1.47. The summed E-state index contributed by atoms with van der Waals surface area (Å²) < 4.78 is 1.10. The Labute approximate surface area is 147 Å². The summed E-state index contributed by atoms with van der Waals surface area (Å²) in [6.07, 6.45) is -0.0156. The van der Waals surface area contributed by atoms with E-state index in [9.17, 15) is 14.9 Å². The minimum Gasteiger partial charge on any atom is -0.360 e. The Morgan fingerprint density at radius 3 is 2.68 bits per heavy atom. The number of carbonyl (C=O) groups excluding carboxylic acids is 1. The van der Waals surface area contributed by atoms with E-state index in [1.165, 1.54) is 6.07 Å². The van der Waals surface area contributed by atoms with Crippen molar-refractivity contribution in [2.75, 3.05) is 18.4 Å². The van der Waals surface area contributed by atoms with Gasteiger partial charge in [-0.3, -0.25) is 14.9 Å². The zero-order valence-corrected chi connectivity index (χ0v) is 14.1. The topological polar surface area (TPSA) is 97.2 Å². The average Bonchev–Trinajstić information content (AvgIpc) is 3.02. The summed E-state index contributed by atoms with van der Waals surface area (Å²) in [5.74, 6) is -0.250. The van der Waals surface area contributed by atoms with Crippen molar-refractivity contribution in [3.63, 3.8) is 0 Å². The molecule has 0 fully saturated rings. The molecule has 7 nitrogen and oxygen atoms in total. The molecule has 0 radical (unpaired) electrons. The molecule has 1 aromatic heterocycles. The molecule has 8 heteroatoms. The van der Waals surface area contributed by atoms with E-state index in [2.05, 4.69) is 15.6 Å². The molecule has 0 unspecified atom stereocenters. The number of nitrogens with one attached hydrogen (secondary N) is 2. The van der Waals surface area contributed by atoms with Crippen LogP contribution in [0, 0.1) is 10.1 Å². The van der Waals surface area contributed by atoms with E-state index >= 15 is 0 Å². The molecule has 3 rings (SSSR count). The molecule has 0 aliphatic carbocycles. The number of para-hydroxylation sites is 2. The maximum Gasteiger partial charge on any atom is 0.273 e. The number of fused-ring (bicyclic) bond motifs is 1. The highest BCUT2D eigenvalue weighted by Gasteiger charge is 2.15. The van der Waals surface area contributed by atoms with Gasteiger partial charge < -0.3 is 10.6 Å². The summed E-state index contributed by atoms with van der Waals surface area (Å²) in [4.78, 5) is 26.9. The predicted octanol–water partition coefficient (Wildman–Crippen LogP) is 2.98. The maximum absolute atomic E-state index is 12.0. The standard InChI is InChI=1S/C17H16N4O3S/c22-16(11-12-5-1-3-7-14(12)21(23)24)18-9-10-19-17-20-13-6-2-4-8-15(13)25-17/h1-8H,9-11H2,(H,18,22)(H,19,20). The Hall–Kier alpha value is -3.00. The number of anilines is 1. The molecule has 0 saturated heterocycles. The Morgan fingerprint density at radius 1 is 1.12 bits per heavy atom. The highest BCUT2D eigenvalue weighted by molar-refractivity contribution is 7.22. The lowest BCUT2D eigenvalue weighted by Crippen LogP contribution is -2.30. The number of hydrogen-bond acceptors (Lipinski definition) is 6. The molecule has 1 amide bonds. The van der Waals surface area contributed by atoms with Crippen molar-refractivity contribution in [1.29, 1.82) is 0 Å². The van der Waals surface area contributed by atoms with Crippen molar-refractivity contribution in [3.8, 4) is 0 Å². The van der Waals surface area contributed by atoms with Crippen LogP contribution in [-0.4, -0.2) is 28.9 Å². The predicted molar refractivity (Wildman–Crippen MR) is 97.9 cm³/mol. The molecule has 25 heavy (non-hydrogen) atoms. The monoisotopic (exact) mass is 356 g/mol. The van der Waals surface area contributed by atoms with Crippen LogP contribution in [0.5, 0.6) is 0 Å². The normalized spacial score (nSPS) is 10.6. The summed E-state index contributed by atoms with van der Waals surface area (Å²) in [6, 6.07) is 14.1. The fourth-order valence-electron chi connectivity index (χ4n) is 2.39. The Morgan fingerprint density at radius 2 is 1.88 bits per heavy atom. The van der Waals surface area contributed by atoms with Crippen LogP contribution in [0.1, 0.15) is 5.56 Å². The van der Waals surface area contributed by atoms with Crippen LogP contribution in [-0.2, 0) is 11.2 Å². The summed E-state index contributed by atoms with van der Waals surface area (Å²) in [6.45, 7) is 0.942. The summed E-state index contributed by atoms with van der Waals surface area (Å²) >= 11 is 1.55. The number of amides is 1. The smallest absolute Gasteiger partial charge is 0.273 e. The first-order valence-electron chi connectivity index (χ1n) is 7.72. The molecule has 0 aliphatic rings. The molecule has 1 heterocycles. The van der Waals surface area contributed by atoms with E-state index in [0.29, 0.717) is 18.7 Å². The summed E-state index contributed by atoms with van der Waals surface area (Å²) in [7, 11) is 0. The van der Waals surface area contributed by atoms with Crippen molar-refractivity contribution in [2.45, 2.75) is 6.42 Å². The first-order valence-corrected chi connectivity index (χ1v) is 8.53. The number of nitrogens with zero attached hydrogens (tertiary/aromatic N) is 2. The number of rotatable bonds is 7. The second-order valence-corrected chi connectivity index (χ2v) is 6.36. The molecule has 2 aromatic carbocycles. The van der Waals surface area contributed by atoms with E-state index in [1.807, 2.05) is 24.3 Å². The van der Waals surface area contributed by atoms with Gasteiger partial charge in [-0.15, -0.1) is 0 Å². The maximum atomic E-state index is 12.0. The zero-order chi connectivity index (χ0) is 17.6. The van der Waals surface area contributed by atoms with Gasteiger partial charge in [0.05, 0.1) is 21.6 Å². The van der Waals surface area contributed by atoms with Crippen molar-refractivity contribution in [2.24, 2.45) is 0 Å². The molecule has 0 spiro atoms. The first-order chi connectivity index (χ1) is 12.1. The highest BCUT2D eigenvalue weighted by Crippen LogP contribution is 2.25. The molecule has 0 aliphatic heterocycles. The van der Waals surface area contributed by atoms with Crippen LogP contribution in [0.3, 0.4) is 0 Å². The molecule has 0 bridgehead atoms. The van der Waals surface area contributed by atoms with Crippen LogP contribution in [0.25, 0.3) is 10.2 Å². The highest BCUT2D eigenvalue weighted by atomic mass is 32.1. The van der Waals surface area contributed by atoms with E-state index in [-0.39, 0.29) is 18.0 Å². The summed E-state index contributed by atoms with van der Waals surface area (Å²) in [5, 5.41) is 17.7. The molecule has 128 valence electrons. The van der Waals surface area contributed by atoms with Crippen LogP contribution >= 0.6 is 11.3 Å². The lowest BCUT2D eigenvalue weighted by atomic mass is 10.1. The number of nitro groups is 1. The Kier molecular flexibility index (Phi) is 5.20. The Bertz CT molecular complexity index is 877. The fourth-order valence-corrected chi connectivity index (χ4v) is 3.28. The average molecular weight is 356 g/mol. The van der Waals surface area contributed by atoms with Gasteiger partial charge in [0.2, 0.25) is 5.91 Å². The van der Waals surface area contributed by atoms with Crippen LogP contribution < -0.4 is 10.6 Å². The molecule has 3 aromatic rings. The van der Waals surface area contributed by atoms with Gasteiger partial charge in [0.25, 0.3) is 5.69 Å². The van der Waals surface area contributed by atoms with Gasteiger partial charge in [-0.1, -0.05) is 41.7 Å². The van der Waals surface area contributed by atoms with E-state index in [0.717, 1.165) is 15.3 Å². The van der Waals surface area contributed by atoms with Gasteiger partial charge in [-0.25, -0.2) is 4.98 Å². The van der Waals surface area contributed by atoms with Crippen molar-refractivity contribution < 1.29 is 9.72 Å². The largest absolute Gasteiger partial charge is 0.360 e. The van der Waals surface area contributed by atoms with Crippen LogP contribution in [0.4, 0.5) is 10.8 Å². The van der Waals surface area contributed by atoms with Crippen LogP contribution in [0.2, 0.25) is 0 Å². The number of aromatic nitrogens is 1. The molecule has 0 saturated carbocycles. The van der Waals surface area contributed by atoms with E-state index in [1.54, 1.807) is 29.5 Å². The quantitative estimate of drug-likeness (QED) is 0.385. The third-order valence-corrected chi connectivity index (χ3v) is 4.55. The minimum absolute atomic E-state index is 0.0156. The SMILES string of the molecule is O=C(Cc1ccccc1[N+](=O)[O-])NCCNc1nc2ccccc2s1. The number of hydrogen-bond donors (Lipinski definition) is 2. The molecule has 2 N–H and O–H groups in total. The second-order valence-electron chi connectivity index (χ2n) is 5.33. The lowest BCUT2D eigenvalue weighted by molar-refractivity contribution is -0.385. The molecular formula is C17H16N4O3S.